The fourth-order valence-corrected chi connectivity index (χ4v) is 5.66. The van der Waals surface area contributed by atoms with Crippen LogP contribution in [0.25, 0.3) is 0 Å². The maximum absolute atomic E-state index is 13.5. The molecular weight excluding hydrogens is 475 g/mol. The summed E-state index contributed by atoms with van der Waals surface area (Å²) in [4.78, 5) is 27.6. The standard InChI is InChI=1S/C24H41N2O8P/c1-10-33-35(9,29)14-13-26(22(28)34-23(2,3)4)18-15-25-12-11-17(27)20(31-8)19(25)21(24(18,5)6)32-16-30-7/h11-12,18,21H,10,13-16H2,1-9H3. The summed E-state index contributed by atoms with van der Waals surface area (Å²) in [5, 5.41) is 0. The smallest absolute Gasteiger partial charge is 0.410 e. The van der Waals surface area contributed by atoms with E-state index in [9.17, 15) is 14.2 Å². The summed E-state index contributed by atoms with van der Waals surface area (Å²) in [5.74, 6) is 0.193. The highest BCUT2D eigenvalue weighted by molar-refractivity contribution is 7.58. The van der Waals surface area contributed by atoms with Crippen molar-refractivity contribution >= 4 is 13.5 Å². The molecule has 200 valence electrons. The predicted octanol–water partition coefficient (Wildman–Crippen LogP) is 4.11. The summed E-state index contributed by atoms with van der Waals surface area (Å²) in [6.07, 6.45) is 0.685. The number of pyridine rings is 1. The summed E-state index contributed by atoms with van der Waals surface area (Å²) >= 11 is 0. The van der Waals surface area contributed by atoms with Crippen LogP contribution in [0, 0.1) is 5.41 Å². The number of aromatic nitrogens is 1. The maximum Gasteiger partial charge on any atom is 0.410 e. The number of carbonyl (C=O) groups is 1. The van der Waals surface area contributed by atoms with Crippen LogP contribution >= 0.6 is 7.37 Å². The van der Waals surface area contributed by atoms with Crippen LogP contribution in [0.4, 0.5) is 4.79 Å². The van der Waals surface area contributed by atoms with Gasteiger partial charge in [0.1, 0.15) is 18.5 Å². The van der Waals surface area contributed by atoms with Gasteiger partial charge in [-0.1, -0.05) is 13.8 Å². The molecule has 10 nitrogen and oxygen atoms in total. The lowest BCUT2D eigenvalue weighted by Crippen LogP contribution is -2.57. The molecule has 11 heteroatoms. The van der Waals surface area contributed by atoms with Crippen molar-refractivity contribution in [2.75, 3.05) is 47.0 Å². The van der Waals surface area contributed by atoms with Gasteiger partial charge in [0.15, 0.2) is 5.75 Å². The molecule has 0 aliphatic carbocycles. The minimum absolute atomic E-state index is 0.0198. The van der Waals surface area contributed by atoms with Crippen molar-refractivity contribution < 1.29 is 32.8 Å². The number of methoxy groups -OCH3 is 2. The Labute approximate surface area is 208 Å². The number of carbonyl (C=O) groups excluding carboxylic acids is 1. The van der Waals surface area contributed by atoms with E-state index in [1.165, 1.54) is 20.3 Å². The van der Waals surface area contributed by atoms with Gasteiger partial charge in [0.2, 0.25) is 12.8 Å². The number of ether oxygens (including phenoxy) is 4. The summed E-state index contributed by atoms with van der Waals surface area (Å²) in [5.41, 5.74) is -1.11. The van der Waals surface area contributed by atoms with E-state index in [2.05, 4.69) is 0 Å². The Kier molecular flexibility index (Phi) is 9.61. The molecule has 3 atom stereocenters. The zero-order chi connectivity index (χ0) is 26.6. The highest BCUT2D eigenvalue weighted by atomic mass is 31.2. The highest BCUT2D eigenvalue weighted by Gasteiger charge is 2.50. The Morgan fingerprint density at radius 2 is 1.94 bits per heavy atom. The highest BCUT2D eigenvalue weighted by Crippen LogP contribution is 2.49. The lowest BCUT2D eigenvalue weighted by Gasteiger charge is -2.50. The van der Waals surface area contributed by atoms with Crippen LogP contribution in [0.1, 0.15) is 53.3 Å². The first-order chi connectivity index (χ1) is 16.2. The van der Waals surface area contributed by atoms with Crippen LogP contribution in [-0.2, 0) is 29.8 Å². The molecule has 3 unspecified atom stereocenters. The van der Waals surface area contributed by atoms with Gasteiger partial charge in [0.05, 0.1) is 25.5 Å². The van der Waals surface area contributed by atoms with Crippen molar-refractivity contribution in [3.8, 4) is 5.75 Å². The van der Waals surface area contributed by atoms with E-state index in [0.717, 1.165) is 0 Å². The molecule has 0 aromatic carbocycles. The number of nitrogens with zero attached hydrogens (tertiary/aromatic N) is 2. The van der Waals surface area contributed by atoms with Crippen molar-refractivity contribution in [2.45, 2.75) is 65.8 Å². The van der Waals surface area contributed by atoms with E-state index in [1.54, 1.807) is 45.5 Å². The molecule has 0 radical (unpaired) electrons. The lowest BCUT2D eigenvalue weighted by atomic mass is 9.73. The molecule has 1 aromatic heterocycles. The number of fused-ring (bicyclic) bond motifs is 1. The van der Waals surface area contributed by atoms with Gasteiger partial charge in [-0.25, -0.2) is 4.79 Å². The molecule has 0 bridgehead atoms. The predicted molar refractivity (Wildman–Crippen MR) is 133 cm³/mol. The Bertz CT molecular complexity index is 985. The first-order valence-corrected chi connectivity index (χ1v) is 14.0. The van der Waals surface area contributed by atoms with Gasteiger partial charge in [-0.15, -0.1) is 0 Å². The van der Waals surface area contributed by atoms with E-state index in [-0.39, 0.29) is 30.7 Å². The van der Waals surface area contributed by atoms with Gasteiger partial charge in [0, 0.05) is 50.7 Å². The monoisotopic (exact) mass is 516 g/mol. The van der Waals surface area contributed by atoms with E-state index in [4.69, 9.17) is 23.5 Å². The zero-order valence-corrected chi connectivity index (χ0v) is 23.3. The van der Waals surface area contributed by atoms with Crippen molar-refractivity contribution in [1.82, 2.24) is 9.47 Å². The molecule has 0 saturated heterocycles. The lowest BCUT2D eigenvalue weighted by molar-refractivity contribution is -0.146. The SMILES string of the molecule is CCOP(C)(=O)CCN(C(=O)OC(C)(C)C)C1Cn2ccc(=O)c(OC)c2C(OCOC)C1(C)C. The zero-order valence-electron chi connectivity index (χ0n) is 22.5. The number of rotatable bonds is 10. The molecule has 0 N–H and O–H groups in total. The summed E-state index contributed by atoms with van der Waals surface area (Å²) in [7, 11) is 0.0468. The van der Waals surface area contributed by atoms with Gasteiger partial charge in [-0.3, -0.25) is 9.36 Å². The Balaban J connectivity index is 2.60. The topological polar surface area (TPSA) is 106 Å². The van der Waals surface area contributed by atoms with Crippen LogP contribution in [0.15, 0.2) is 17.1 Å². The second kappa shape index (κ2) is 11.5. The Morgan fingerprint density at radius 1 is 1.29 bits per heavy atom. The third kappa shape index (κ3) is 7.09. The largest absolute Gasteiger partial charge is 0.491 e. The Morgan fingerprint density at radius 3 is 2.49 bits per heavy atom. The molecule has 0 fully saturated rings. The van der Waals surface area contributed by atoms with E-state index < -0.39 is 36.6 Å². The van der Waals surface area contributed by atoms with Crippen LogP contribution in [0.3, 0.4) is 0 Å². The molecule has 1 aromatic rings. The van der Waals surface area contributed by atoms with Gasteiger partial charge in [-0.05, 0) is 27.7 Å². The van der Waals surface area contributed by atoms with Crippen molar-refractivity contribution in [1.29, 1.82) is 0 Å². The molecule has 0 saturated carbocycles. The average molecular weight is 517 g/mol. The molecule has 35 heavy (non-hydrogen) atoms. The van der Waals surface area contributed by atoms with Gasteiger partial charge >= 0.3 is 6.09 Å². The van der Waals surface area contributed by atoms with E-state index in [1.807, 2.05) is 18.4 Å². The number of amides is 1. The number of hydrogen-bond acceptors (Lipinski definition) is 8. The second-order valence-electron chi connectivity index (χ2n) is 10.4. The average Bonchev–Trinajstić information content (AvgIpc) is 2.72. The summed E-state index contributed by atoms with van der Waals surface area (Å²) in [6.45, 7) is 13.5. The molecule has 2 heterocycles. The van der Waals surface area contributed by atoms with Crippen LogP contribution in [0.5, 0.6) is 5.75 Å². The minimum atomic E-state index is -2.92. The fraction of sp³-hybridized carbons (Fsp3) is 0.750. The number of hydrogen-bond donors (Lipinski definition) is 0. The Hall–Kier alpha value is -1.87. The van der Waals surface area contributed by atoms with Crippen molar-refractivity contribution in [3.63, 3.8) is 0 Å². The summed E-state index contributed by atoms with van der Waals surface area (Å²) < 4.78 is 42.7. The van der Waals surface area contributed by atoms with E-state index in [0.29, 0.717) is 18.8 Å². The van der Waals surface area contributed by atoms with Gasteiger partial charge in [-0.2, -0.15) is 0 Å². The molecule has 1 amide bonds. The third-order valence-electron chi connectivity index (χ3n) is 6.03. The molecular formula is C24H41N2O8P. The molecule has 0 spiro atoms. The second-order valence-corrected chi connectivity index (χ2v) is 13.1. The van der Waals surface area contributed by atoms with Crippen LogP contribution < -0.4 is 10.2 Å². The first kappa shape index (κ1) is 29.4. The van der Waals surface area contributed by atoms with Gasteiger partial charge in [0.25, 0.3) is 0 Å². The minimum Gasteiger partial charge on any atom is -0.491 e. The molecule has 2 rings (SSSR count). The van der Waals surface area contributed by atoms with Gasteiger partial charge < -0.3 is 32.9 Å². The van der Waals surface area contributed by atoms with Crippen LogP contribution in [-0.4, -0.2) is 74.2 Å². The first-order valence-electron chi connectivity index (χ1n) is 11.8. The van der Waals surface area contributed by atoms with Crippen molar-refractivity contribution in [2.24, 2.45) is 5.41 Å². The third-order valence-corrected chi connectivity index (χ3v) is 7.85. The quantitative estimate of drug-likeness (QED) is 0.338. The molecule has 1 aliphatic rings. The summed E-state index contributed by atoms with van der Waals surface area (Å²) in [6, 6.07) is 0.999. The normalized spacial score (nSPS) is 21.1. The van der Waals surface area contributed by atoms with Crippen LogP contribution in [0.2, 0.25) is 0 Å². The molecule has 1 aliphatic heterocycles. The van der Waals surface area contributed by atoms with Crippen molar-refractivity contribution in [3.05, 3.63) is 28.2 Å². The fourth-order valence-electron chi connectivity index (χ4n) is 4.41. The maximum atomic E-state index is 13.5. The van der Waals surface area contributed by atoms with E-state index >= 15 is 0 Å².